The number of halogens is 1. The van der Waals surface area contributed by atoms with E-state index in [1.165, 1.54) is 25.8 Å². The summed E-state index contributed by atoms with van der Waals surface area (Å²) in [6, 6.07) is 4.66. The van der Waals surface area contributed by atoms with Crippen molar-refractivity contribution in [3.8, 4) is 5.75 Å². The van der Waals surface area contributed by atoms with Crippen molar-refractivity contribution in [2.24, 2.45) is 0 Å². The van der Waals surface area contributed by atoms with Crippen LogP contribution >= 0.6 is 22.6 Å². The minimum atomic E-state index is 0.461. The first-order valence-electron chi connectivity index (χ1n) is 10.5. The fourth-order valence-electron chi connectivity index (χ4n) is 4.25. The van der Waals surface area contributed by atoms with Gasteiger partial charge < -0.3 is 19.9 Å². The summed E-state index contributed by atoms with van der Waals surface area (Å²) in [6.07, 6.45) is 5.99. The average molecular weight is 495 g/mol. The lowest BCUT2D eigenvalue weighted by Crippen LogP contribution is -2.39. The lowest BCUT2D eigenvalue weighted by Gasteiger charge is -2.32. The molecular formula is C21H30IN5O. The minimum absolute atomic E-state index is 0.461. The number of fused-ring (bicyclic) bond motifs is 1. The maximum atomic E-state index is 5.56. The number of anilines is 2. The van der Waals surface area contributed by atoms with Crippen molar-refractivity contribution in [3.05, 3.63) is 15.7 Å². The number of rotatable bonds is 6. The van der Waals surface area contributed by atoms with Gasteiger partial charge in [-0.05, 0) is 73.4 Å². The second-order valence-electron chi connectivity index (χ2n) is 7.83. The Hall–Kier alpha value is -1.35. The Morgan fingerprint density at radius 1 is 1.14 bits per heavy atom. The van der Waals surface area contributed by atoms with Crippen LogP contribution in [0.4, 0.5) is 11.8 Å². The van der Waals surface area contributed by atoms with Gasteiger partial charge in [0.2, 0.25) is 5.95 Å². The van der Waals surface area contributed by atoms with Crippen molar-refractivity contribution in [2.75, 3.05) is 50.1 Å². The summed E-state index contributed by atoms with van der Waals surface area (Å²) in [7, 11) is 1.72. The molecule has 7 heteroatoms. The monoisotopic (exact) mass is 495 g/mol. The maximum absolute atomic E-state index is 5.56. The van der Waals surface area contributed by atoms with Gasteiger partial charge in [0.1, 0.15) is 11.6 Å². The topological polar surface area (TPSA) is 53.5 Å². The number of methoxy groups -OCH3 is 1. The van der Waals surface area contributed by atoms with Crippen molar-refractivity contribution in [3.63, 3.8) is 0 Å². The summed E-state index contributed by atoms with van der Waals surface area (Å²) in [5.41, 5.74) is 0.994. The molecule has 6 nitrogen and oxygen atoms in total. The highest BCUT2D eigenvalue weighted by Gasteiger charge is 2.22. The van der Waals surface area contributed by atoms with Crippen molar-refractivity contribution in [1.82, 2.24) is 14.9 Å². The van der Waals surface area contributed by atoms with Gasteiger partial charge in [-0.15, -0.1) is 0 Å². The number of piperidine rings is 1. The number of nitrogens with one attached hydrogen (secondary N) is 1. The van der Waals surface area contributed by atoms with Crippen molar-refractivity contribution in [1.29, 1.82) is 0 Å². The van der Waals surface area contributed by atoms with Crippen LogP contribution in [0.15, 0.2) is 12.1 Å². The number of likely N-dealkylation sites (tertiary alicyclic amines) is 1. The summed E-state index contributed by atoms with van der Waals surface area (Å²) in [4.78, 5) is 14.7. The lowest BCUT2D eigenvalue weighted by molar-refractivity contribution is 0.219. The smallest absolute Gasteiger partial charge is 0.227 e. The summed E-state index contributed by atoms with van der Waals surface area (Å²) in [5, 5.41) is 4.81. The van der Waals surface area contributed by atoms with Crippen molar-refractivity contribution < 1.29 is 4.74 Å². The largest absolute Gasteiger partial charge is 0.496 e. The van der Waals surface area contributed by atoms with Crippen LogP contribution in [0.2, 0.25) is 0 Å². The molecule has 0 radical (unpaired) electrons. The Morgan fingerprint density at radius 2 is 1.89 bits per heavy atom. The van der Waals surface area contributed by atoms with Gasteiger partial charge >= 0.3 is 0 Å². The van der Waals surface area contributed by atoms with E-state index >= 15 is 0 Å². The highest BCUT2D eigenvalue weighted by molar-refractivity contribution is 14.1. The molecule has 2 aliphatic heterocycles. The van der Waals surface area contributed by atoms with E-state index in [1.807, 2.05) is 0 Å². The maximum Gasteiger partial charge on any atom is 0.227 e. The Kier molecular flexibility index (Phi) is 6.40. The third kappa shape index (κ3) is 4.30. The Bertz CT molecular complexity index is 816. The SMILES string of the molecule is CCCN1CCC(Nc2nc(N3CCCC3)nc3cc(I)c(OC)cc23)CC1. The molecule has 4 rings (SSSR count). The van der Waals surface area contributed by atoms with E-state index in [0.717, 1.165) is 71.0 Å². The first-order valence-corrected chi connectivity index (χ1v) is 11.5. The molecule has 1 N–H and O–H groups in total. The highest BCUT2D eigenvalue weighted by Crippen LogP contribution is 2.33. The van der Waals surface area contributed by atoms with Gasteiger partial charge in [-0.2, -0.15) is 4.98 Å². The second kappa shape index (κ2) is 8.98. The van der Waals surface area contributed by atoms with Crippen LogP contribution in [0, 0.1) is 3.57 Å². The fourth-order valence-corrected chi connectivity index (χ4v) is 4.92. The molecule has 0 unspecified atom stereocenters. The Balaban J connectivity index is 1.64. The highest BCUT2D eigenvalue weighted by atomic mass is 127. The molecule has 0 aliphatic carbocycles. The third-order valence-corrected chi connectivity index (χ3v) is 6.66. The number of aromatic nitrogens is 2. The van der Waals surface area contributed by atoms with Crippen LogP contribution in [0.25, 0.3) is 10.9 Å². The van der Waals surface area contributed by atoms with E-state index in [9.17, 15) is 0 Å². The number of hydrogen-bond donors (Lipinski definition) is 1. The number of ether oxygens (including phenoxy) is 1. The second-order valence-corrected chi connectivity index (χ2v) is 8.99. The van der Waals surface area contributed by atoms with E-state index < -0.39 is 0 Å². The molecule has 0 amide bonds. The number of benzene rings is 1. The van der Waals surface area contributed by atoms with Crippen LogP contribution < -0.4 is 15.0 Å². The van der Waals surface area contributed by atoms with Gasteiger partial charge in [-0.1, -0.05) is 6.92 Å². The van der Waals surface area contributed by atoms with E-state index in [1.54, 1.807) is 7.11 Å². The van der Waals surface area contributed by atoms with E-state index in [4.69, 9.17) is 14.7 Å². The molecule has 152 valence electrons. The first-order chi connectivity index (χ1) is 13.7. The normalized spacial score (nSPS) is 18.8. The molecule has 2 fully saturated rings. The molecule has 2 saturated heterocycles. The molecule has 3 heterocycles. The quantitative estimate of drug-likeness (QED) is 0.609. The van der Waals surface area contributed by atoms with Crippen molar-refractivity contribution >= 4 is 45.3 Å². The molecule has 2 aromatic rings. The van der Waals surface area contributed by atoms with Crippen LogP contribution in [0.5, 0.6) is 5.75 Å². The van der Waals surface area contributed by atoms with Gasteiger partial charge in [-0.25, -0.2) is 4.98 Å². The first kappa shape index (κ1) is 19.9. The predicted molar refractivity (Wildman–Crippen MR) is 124 cm³/mol. The van der Waals surface area contributed by atoms with Crippen LogP contribution in [0.3, 0.4) is 0 Å². The number of nitrogens with zero attached hydrogens (tertiary/aromatic N) is 4. The molecular weight excluding hydrogens is 465 g/mol. The summed E-state index contributed by atoms with van der Waals surface area (Å²) in [5.74, 6) is 2.69. The standard InChI is InChI=1S/C21H30IN5O/c1-3-8-26-11-6-15(7-12-26)23-20-16-13-19(28-2)17(22)14-18(16)24-21(25-20)27-9-4-5-10-27/h13-15H,3-12H2,1-2H3,(H,23,24,25). The van der Waals surface area contributed by atoms with Crippen LogP contribution in [0.1, 0.15) is 39.0 Å². The van der Waals surface area contributed by atoms with E-state index in [0.29, 0.717) is 6.04 Å². The van der Waals surface area contributed by atoms with Gasteiger partial charge in [0.05, 0.1) is 16.2 Å². The average Bonchev–Trinajstić information content (AvgIpc) is 3.24. The molecule has 1 aromatic carbocycles. The van der Waals surface area contributed by atoms with Gasteiger partial charge in [-0.3, -0.25) is 0 Å². The molecule has 28 heavy (non-hydrogen) atoms. The fraction of sp³-hybridized carbons (Fsp3) is 0.619. The summed E-state index contributed by atoms with van der Waals surface area (Å²) in [6.45, 7) is 7.88. The zero-order valence-corrected chi connectivity index (χ0v) is 19.0. The molecule has 2 aliphatic rings. The zero-order chi connectivity index (χ0) is 19.5. The minimum Gasteiger partial charge on any atom is -0.496 e. The summed E-state index contributed by atoms with van der Waals surface area (Å²) < 4.78 is 6.64. The molecule has 0 spiro atoms. The lowest BCUT2D eigenvalue weighted by atomic mass is 10.0. The Morgan fingerprint density at radius 3 is 2.57 bits per heavy atom. The van der Waals surface area contributed by atoms with E-state index in [-0.39, 0.29) is 0 Å². The Labute approximate surface area is 181 Å². The third-order valence-electron chi connectivity index (χ3n) is 5.81. The van der Waals surface area contributed by atoms with Crippen molar-refractivity contribution in [2.45, 2.75) is 45.1 Å². The van der Waals surface area contributed by atoms with Gasteiger partial charge in [0, 0.05) is 37.6 Å². The predicted octanol–water partition coefficient (Wildman–Crippen LogP) is 4.13. The molecule has 0 bridgehead atoms. The molecule has 0 saturated carbocycles. The van der Waals surface area contributed by atoms with E-state index in [2.05, 4.69) is 56.8 Å². The van der Waals surface area contributed by atoms with Gasteiger partial charge in [0.25, 0.3) is 0 Å². The molecule has 0 atom stereocenters. The zero-order valence-electron chi connectivity index (χ0n) is 16.9. The van der Waals surface area contributed by atoms with Crippen LogP contribution in [-0.4, -0.2) is 60.7 Å². The number of hydrogen-bond acceptors (Lipinski definition) is 6. The molecule has 1 aromatic heterocycles. The van der Waals surface area contributed by atoms with Crippen LogP contribution in [-0.2, 0) is 0 Å². The van der Waals surface area contributed by atoms with Gasteiger partial charge in [0.15, 0.2) is 0 Å². The summed E-state index contributed by atoms with van der Waals surface area (Å²) >= 11 is 2.32.